The summed E-state index contributed by atoms with van der Waals surface area (Å²) in [5, 5.41) is 11.7. The van der Waals surface area contributed by atoms with Gasteiger partial charge in [0.1, 0.15) is 0 Å². The maximum absolute atomic E-state index is 13.2. The first-order chi connectivity index (χ1) is 13.6. The standard InChI is InChI=1S/C23H30N2O3/c26-22(20-18-8-10-19(11-9-18)21(20)23(27)28)25-15-13-24(14-16-25)12-4-7-17-5-2-1-3-6-17/h1-7,18-21H,8-16H2,(H,27,28)/b7-4+/t18?,19?,20-,21-/m1/s1. The van der Waals surface area contributed by atoms with E-state index in [9.17, 15) is 14.7 Å². The fourth-order valence-corrected chi connectivity index (χ4v) is 5.53. The lowest BCUT2D eigenvalue weighted by Crippen LogP contribution is -3.14. The number of carbonyl (C=O) groups excluding carboxylic acids is 2. The summed E-state index contributed by atoms with van der Waals surface area (Å²) in [5.74, 6) is -1.49. The van der Waals surface area contributed by atoms with Crippen molar-refractivity contribution in [2.45, 2.75) is 25.7 Å². The van der Waals surface area contributed by atoms with E-state index in [-0.39, 0.29) is 23.7 Å². The molecule has 1 N–H and O–H groups in total. The molecule has 1 heterocycles. The van der Waals surface area contributed by atoms with Crippen LogP contribution in [0.25, 0.3) is 6.08 Å². The van der Waals surface area contributed by atoms with Crippen LogP contribution in [0.5, 0.6) is 0 Å². The number of benzene rings is 1. The Balaban J connectivity index is 1.31. The van der Waals surface area contributed by atoms with Crippen LogP contribution in [0, 0.1) is 23.7 Å². The molecule has 4 aliphatic rings. The normalized spacial score (nSPS) is 30.6. The number of carboxylic acid groups (broad SMARTS) is 1. The Morgan fingerprint density at radius 3 is 2.21 bits per heavy atom. The third-order valence-electron chi connectivity index (χ3n) is 7.08. The zero-order valence-corrected chi connectivity index (χ0v) is 16.4. The largest absolute Gasteiger partial charge is 0.550 e. The summed E-state index contributed by atoms with van der Waals surface area (Å²) in [6.45, 7) is 4.23. The van der Waals surface area contributed by atoms with E-state index in [1.807, 2.05) is 23.1 Å². The number of aliphatic carboxylic acids is 1. The Hall–Kier alpha value is -2.14. The van der Waals surface area contributed by atoms with E-state index in [4.69, 9.17) is 0 Å². The minimum absolute atomic E-state index is 0.0717. The lowest BCUT2D eigenvalue weighted by Gasteiger charge is -2.49. The van der Waals surface area contributed by atoms with Gasteiger partial charge in [0.25, 0.3) is 0 Å². The lowest BCUT2D eigenvalue weighted by atomic mass is 9.58. The highest BCUT2D eigenvalue weighted by atomic mass is 16.4. The van der Waals surface area contributed by atoms with Crippen LogP contribution < -0.4 is 10.0 Å². The van der Waals surface area contributed by atoms with Crippen LogP contribution in [0.2, 0.25) is 0 Å². The van der Waals surface area contributed by atoms with Crippen LogP contribution in [0.4, 0.5) is 0 Å². The van der Waals surface area contributed by atoms with Crippen molar-refractivity contribution in [2.75, 3.05) is 32.7 Å². The number of nitrogens with one attached hydrogen (secondary N) is 1. The molecule has 1 aromatic carbocycles. The van der Waals surface area contributed by atoms with E-state index in [2.05, 4.69) is 24.3 Å². The molecule has 3 aliphatic carbocycles. The number of rotatable bonds is 5. The molecular weight excluding hydrogens is 352 g/mol. The van der Waals surface area contributed by atoms with Crippen LogP contribution in [0.3, 0.4) is 0 Å². The van der Waals surface area contributed by atoms with Crippen LogP contribution >= 0.6 is 0 Å². The van der Waals surface area contributed by atoms with Gasteiger partial charge < -0.3 is 19.7 Å². The Bertz CT molecular complexity index is 717. The van der Waals surface area contributed by atoms with Crippen LogP contribution in [-0.2, 0) is 9.59 Å². The number of nitrogens with zero attached hydrogens (tertiary/aromatic N) is 1. The highest BCUT2D eigenvalue weighted by Gasteiger charge is 2.49. The molecule has 28 heavy (non-hydrogen) atoms. The second-order valence-electron chi connectivity index (χ2n) is 8.64. The van der Waals surface area contributed by atoms with E-state index in [1.165, 1.54) is 10.5 Å². The van der Waals surface area contributed by atoms with Crippen molar-refractivity contribution < 1.29 is 19.6 Å². The molecule has 4 fully saturated rings. The van der Waals surface area contributed by atoms with Crippen LogP contribution in [0.15, 0.2) is 36.4 Å². The van der Waals surface area contributed by atoms with Gasteiger partial charge in [-0.3, -0.25) is 4.79 Å². The topological polar surface area (TPSA) is 64.9 Å². The third-order valence-corrected chi connectivity index (χ3v) is 7.08. The zero-order chi connectivity index (χ0) is 19.5. The number of hydrogen-bond donors (Lipinski definition) is 1. The van der Waals surface area contributed by atoms with Gasteiger partial charge in [-0.15, -0.1) is 0 Å². The van der Waals surface area contributed by atoms with Crippen LogP contribution in [0.1, 0.15) is 31.2 Å². The van der Waals surface area contributed by atoms with E-state index < -0.39 is 11.9 Å². The van der Waals surface area contributed by atoms with Crippen molar-refractivity contribution in [2.24, 2.45) is 23.7 Å². The highest BCUT2D eigenvalue weighted by Crippen LogP contribution is 2.49. The first kappa shape index (κ1) is 19.2. The molecule has 0 radical (unpaired) electrons. The van der Waals surface area contributed by atoms with Crippen molar-refractivity contribution in [3.05, 3.63) is 42.0 Å². The Morgan fingerprint density at radius 2 is 1.61 bits per heavy atom. The van der Waals surface area contributed by atoms with E-state index in [0.29, 0.717) is 0 Å². The molecule has 1 saturated heterocycles. The minimum Gasteiger partial charge on any atom is -0.550 e. The van der Waals surface area contributed by atoms with E-state index >= 15 is 0 Å². The lowest BCUT2D eigenvalue weighted by molar-refractivity contribution is -0.898. The molecule has 1 amide bonds. The zero-order valence-electron chi connectivity index (χ0n) is 16.4. The maximum Gasteiger partial charge on any atom is 0.227 e. The summed E-state index contributed by atoms with van der Waals surface area (Å²) in [7, 11) is 0. The number of fused-ring (bicyclic) bond motifs is 3. The smallest absolute Gasteiger partial charge is 0.227 e. The number of carbonyl (C=O) groups is 2. The molecule has 1 aromatic rings. The Kier molecular flexibility index (Phi) is 5.81. The summed E-state index contributed by atoms with van der Waals surface area (Å²) >= 11 is 0. The van der Waals surface area contributed by atoms with E-state index in [1.54, 1.807) is 0 Å². The highest BCUT2D eigenvalue weighted by molar-refractivity contribution is 5.85. The number of hydrogen-bond acceptors (Lipinski definition) is 3. The molecule has 2 bridgehead atoms. The van der Waals surface area contributed by atoms with Crippen molar-refractivity contribution in [1.29, 1.82) is 0 Å². The van der Waals surface area contributed by atoms with Gasteiger partial charge in [-0.1, -0.05) is 36.4 Å². The van der Waals surface area contributed by atoms with Crippen LogP contribution in [-0.4, -0.2) is 49.5 Å². The number of quaternary nitrogens is 1. The second-order valence-corrected chi connectivity index (χ2v) is 8.64. The average molecular weight is 383 g/mol. The van der Waals surface area contributed by atoms with Crippen molar-refractivity contribution >= 4 is 18.0 Å². The first-order valence-electron chi connectivity index (χ1n) is 10.7. The molecule has 5 nitrogen and oxygen atoms in total. The third kappa shape index (κ3) is 4.00. The number of amides is 1. The predicted molar refractivity (Wildman–Crippen MR) is 105 cm³/mol. The molecule has 1 aliphatic heterocycles. The van der Waals surface area contributed by atoms with Gasteiger partial charge in [0, 0.05) is 17.8 Å². The van der Waals surface area contributed by atoms with Gasteiger partial charge in [-0.25, -0.2) is 0 Å². The fourth-order valence-electron chi connectivity index (χ4n) is 5.53. The number of carboxylic acids is 1. The fraction of sp³-hybridized carbons (Fsp3) is 0.565. The maximum atomic E-state index is 13.2. The summed E-state index contributed by atoms with van der Waals surface area (Å²) in [6, 6.07) is 10.3. The molecule has 0 spiro atoms. The van der Waals surface area contributed by atoms with Crippen molar-refractivity contribution in [3.63, 3.8) is 0 Å². The van der Waals surface area contributed by atoms with Gasteiger partial charge >= 0.3 is 0 Å². The Morgan fingerprint density at radius 1 is 1.00 bits per heavy atom. The molecular formula is C23H30N2O3. The monoisotopic (exact) mass is 382 g/mol. The quantitative estimate of drug-likeness (QED) is 0.793. The summed E-state index contributed by atoms with van der Waals surface area (Å²) in [4.78, 5) is 28.3. The molecule has 5 rings (SSSR count). The molecule has 2 atom stereocenters. The predicted octanol–water partition coefficient (Wildman–Crippen LogP) is 0.229. The van der Waals surface area contributed by atoms with Gasteiger partial charge in [-0.2, -0.15) is 0 Å². The number of piperazine rings is 1. The van der Waals surface area contributed by atoms with Crippen molar-refractivity contribution in [3.8, 4) is 0 Å². The summed E-state index contributed by atoms with van der Waals surface area (Å²) in [5.41, 5.74) is 1.20. The van der Waals surface area contributed by atoms with E-state index in [0.717, 1.165) is 58.4 Å². The first-order valence-corrected chi connectivity index (χ1v) is 10.7. The molecule has 0 unspecified atom stereocenters. The molecule has 150 valence electrons. The summed E-state index contributed by atoms with van der Waals surface area (Å²) in [6.07, 6.45) is 8.24. The van der Waals surface area contributed by atoms with Gasteiger partial charge in [-0.05, 0) is 49.2 Å². The van der Waals surface area contributed by atoms with Gasteiger partial charge in [0.15, 0.2) is 0 Å². The molecule has 5 heteroatoms. The Labute approximate surface area is 167 Å². The SMILES string of the molecule is O=C([O-])[C@@H]1C2CCC(CC2)[C@H]1C(=O)N1CC[NH+](C/C=C/c2ccccc2)CC1. The summed E-state index contributed by atoms with van der Waals surface area (Å²) < 4.78 is 0. The molecule has 0 aromatic heterocycles. The van der Waals surface area contributed by atoms with Gasteiger partial charge in [0.05, 0.1) is 32.7 Å². The van der Waals surface area contributed by atoms with Crippen molar-refractivity contribution in [1.82, 2.24) is 4.90 Å². The average Bonchev–Trinajstić information content (AvgIpc) is 2.74. The second kappa shape index (κ2) is 8.48. The van der Waals surface area contributed by atoms with Gasteiger partial charge in [0.2, 0.25) is 5.91 Å². The molecule has 3 saturated carbocycles. The minimum atomic E-state index is -1.01.